The van der Waals surface area contributed by atoms with E-state index in [2.05, 4.69) is 10.6 Å². The van der Waals surface area contributed by atoms with E-state index >= 15 is 0 Å². The Hall–Kier alpha value is -2.10. The molecule has 1 aromatic rings. The van der Waals surface area contributed by atoms with Crippen molar-refractivity contribution in [3.63, 3.8) is 0 Å². The van der Waals surface area contributed by atoms with Crippen molar-refractivity contribution >= 4 is 11.7 Å². The minimum absolute atomic E-state index is 0.116. The molecule has 0 aromatic heterocycles. The second kappa shape index (κ2) is 6.48. The molecule has 90 valence electrons. The highest BCUT2D eigenvalue weighted by Gasteiger charge is 2.03. The molecule has 0 aliphatic heterocycles. The number of hydrogen-bond donors (Lipinski definition) is 2. The zero-order valence-corrected chi connectivity index (χ0v) is 9.99. The Kier molecular flexibility index (Phi) is 4.94. The summed E-state index contributed by atoms with van der Waals surface area (Å²) in [4.78, 5) is 22.0. The van der Waals surface area contributed by atoms with Crippen LogP contribution in [0.15, 0.2) is 42.2 Å². The maximum absolute atomic E-state index is 11.3. The van der Waals surface area contributed by atoms with Crippen molar-refractivity contribution in [2.45, 2.75) is 20.4 Å². The third kappa shape index (κ3) is 4.97. The maximum Gasteiger partial charge on any atom is 0.220 e. The summed E-state index contributed by atoms with van der Waals surface area (Å²) >= 11 is 0. The summed E-state index contributed by atoms with van der Waals surface area (Å²) in [6, 6.07) is 9.72. The molecule has 0 heterocycles. The van der Waals surface area contributed by atoms with Gasteiger partial charge in [0.25, 0.3) is 0 Å². The molecule has 17 heavy (non-hydrogen) atoms. The molecule has 1 amide bonds. The van der Waals surface area contributed by atoms with Gasteiger partial charge in [-0.25, -0.2) is 0 Å². The van der Waals surface area contributed by atoms with E-state index in [1.807, 2.05) is 30.3 Å². The Labute approximate surface area is 101 Å². The molecule has 4 heteroatoms. The fraction of sp³-hybridized carbons (Fsp3) is 0.231. The molecule has 1 rings (SSSR count). The highest BCUT2D eigenvalue weighted by atomic mass is 16.1. The van der Waals surface area contributed by atoms with E-state index in [0.29, 0.717) is 12.2 Å². The Morgan fingerprint density at radius 1 is 1.18 bits per heavy atom. The monoisotopic (exact) mass is 232 g/mol. The molecule has 0 unspecified atom stereocenters. The van der Waals surface area contributed by atoms with Crippen LogP contribution in [0.5, 0.6) is 0 Å². The zero-order chi connectivity index (χ0) is 12.7. The quantitative estimate of drug-likeness (QED) is 0.753. The highest BCUT2D eigenvalue weighted by Crippen LogP contribution is 1.99. The summed E-state index contributed by atoms with van der Waals surface area (Å²) in [5, 5.41) is 5.47. The average Bonchev–Trinajstić information content (AvgIpc) is 2.29. The number of allylic oxidation sites excluding steroid dienone is 1. The van der Waals surface area contributed by atoms with Crippen molar-refractivity contribution in [2.24, 2.45) is 0 Å². The van der Waals surface area contributed by atoms with Gasteiger partial charge in [0.1, 0.15) is 0 Å². The summed E-state index contributed by atoms with van der Waals surface area (Å²) in [7, 11) is 0. The summed E-state index contributed by atoms with van der Waals surface area (Å²) < 4.78 is 0. The molecule has 0 spiro atoms. The van der Waals surface area contributed by atoms with Gasteiger partial charge in [-0.2, -0.15) is 0 Å². The van der Waals surface area contributed by atoms with Crippen molar-refractivity contribution in [2.75, 3.05) is 0 Å². The van der Waals surface area contributed by atoms with Gasteiger partial charge in [0.2, 0.25) is 5.91 Å². The number of nitrogens with one attached hydrogen (secondary N) is 2. The lowest BCUT2D eigenvalue weighted by atomic mass is 10.2. The Bertz CT molecular complexity index is 424. The molecule has 0 atom stereocenters. The summed E-state index contributed by atoms with van der Waals surface area (Å²) in [5.41, 5.74) is 1.46. The molecule has 0 saturated heterocycles. The minimum Gasteiger partial charge on any atom is -0.377 e. The van der Waals surface area contributed by atoms with E-state index in [4.69, 9.17) is 0 Å². The minimum atomic E-state index is -0.203. The molecule has 0 bridgehead atoms. The first-order chi connectivity index (χ1) is 8.09. The highest BCUT2D eigenvalue weighted by molar-refractivity contribution is 5.93. The SMILES string of the molecule is CC(=O)N/C=C(/NCc1ccccc1)C(C)=O. The predicted octanol–water partition coefficient (Wildman–Crippen LogP) is 1.34. The first-order valence-electron chi connectivity index (χ1n) is 5.35. The van der Waals surface area contributed by atoms with Crippen LogP contribution in [-0.2, 0) is 16.1 Å². The van der Waals surface area contributed by atoms with E-state index in [-0.39, 0.29) is 11.7 Å². The Morgan fingerprint density at radius 3 is 2.35 bits per heavy atom. The van der Waals surface area contributed by atoms with Crippen molar-refractivity contribution in [3.05, 3.63) is 47.8 Å². The Balaban J connectivity index is 2.59. The van der Waals surface area contributed by atoms with Gasteiger partial charge in [-0.05, 0) is 5.56 Å². The van der Waals surface area contributed by atoms with Gasteiger partial charge < -0.3 is 10.6 Å². The lowest BCUT2D eigenvalue weighted by molar-refractivity contribution is -0.118. The van der Waals surface area contributed by atoms with Crippen molar-refractivity contribution in [1.82, 2.24) is 10.6 Å². The van der Waals surface area contributed by atoms with Gasteiger partial charge in [-0.1, -0.05) is 30.3 Å². The van der Waals surface area contributed by atoms with Crippen LogP contribution < -0.4 is 10.6 Å². The molecule has 1 aromatic carbocycles. The summed E-state index contributed by atoms with van der Waals surface area (Å²) in [6.07, 6.45) is 1.40. The molecular weight excluding hydrogens is 216 g/mol. The third-order valence-electron chi connectivity index (χ3n) is 2.12. The molecule has 0 fully saturated rings. The van der Waals surface area contributed by atoms with Gasteiger partial charge in [0.05, 0.1) is 5.70 Å². The van der Waals surface area contributed by atoms with Crippen LogP contribution in [0.2, 0.25) is 0 Å². The van der Waals surface area contributed by atoms with Gasteiger partial charge in [0, 0.05) is 26.6 Å². The van der Waals surface area contributed by atoms with Gasteiger partial charge >= 0.3 is 0 Å². The number of hydrogen-bond acceptors (Lipinski definition) is 3. The number of carbonyl (C=O) groups is 2. The molecule has 0 aliphatic carbocycles. The van der Waals surface area contributed by atoms with Gasteiger partial charge in [-0.3, -0.25) is 9.59 Å². The van der Waals surface area contributed by atoms with E-state index < -0.39 is 0 Å². The van der Waals surface area contributed by atoms with Gasteiger partial charge in [-0.15, -0.1) is 0 Å². The number of ketones is 1. The van der Waals surface area contributed by atoms with Crippen LogP contribution in [-0.4, -0.2) is 11.7 Å². The van der Waals surface area contributed by atoms with E-state index in [9.17, 15) is 9.59 Å². The van der Waals surface area contributed by atoms with Crippen molar-refractivity contribution in [3.8, 4) is 0 Å². The summed E-state index contributed by atoms with van der Waals surface area (Å²) in [5.74, 6) is -0.319. The zero-order valence-electron chi connectivity index (χ0n) is 9.99. The number of carbonyl (C=O) groups excluding carboxylic acids is 2. The molecule has 4 nitrogen and oxygen atoms in total. The average molecular weight is 232 g/mol. The fourth-order valence-electron chi connectivity index (χ4n) is 1.24. The van der Waals surface area contributed by atoms with Crippen LogP contribution in [0, 0.1) is 0 Å². The topological polar surface area (TPSA) is 58.2 Å². The van der Waals surface area contributed by atoms with Crippen LogP contribution in [0.25, 0.3) is 0 Å². The number of rotatable bonds is 5. The summed E-state index contributed by atoms with van der Waals surface area (Å²) in [6.45, 7) is 3.39. The first kappa shape index (κ1) is 13.0. The molecular formula is C13H16N2O2. The lowest BCUT2D eigenvalue weighted by Crippen LogP contribution is -2.23. The first-order valence-corrected chi connectivity index (χ1v) is 5.35. The molecule has 0 radical (unpaired) electrons. The maximum atomic E-state index is 11.3. The number of amides is 1. The van der Waals surface area contributed by atoms with E-state index in [1.165, 1.54) is 20.0 Å². The van der Waals surface area contributed by atoms with Crippen LogP contribution in [0.3, 0.4) is 0 Å². The smallest absolute Gasteiger partial charge is 0.220 e. The second-order valence-corrected chi connectivity index (χ2v) is 3.65. The third-order valence-corrected chi connectivity index (χ3v) is 2.12. The van der Waals surface area contributed by atoms with Gasteiger partial charge in [0.15, 0.2) is 5.78 Å². The molecule has 0 saturated carbocycles. The molecule has 2 N–H and O–H groups in total. The Morgan fingerprint density at radius 2 is 1.82 bits per heavy atom. The fourth-order valence-corrected chi connectivity index (χ4v) is 1.24. The number of Topliss-reactive ketones (excluding diaryl/α,β-unsaturated/α-hetero) is 1. The largest absolute Gasteiger partial charge is 0.377 e. The van der Waals surface area contributed by atoms with E-state index in [0.717, 1.165) is 5.56 Å². The van der Waals surface area contributed by atoms with Crippen LogP contribution in [0.1, 0.15) is 19.4 Å². The van der Waals surface area contributed by atoms with Crippen LogP contribution in [0.4, 0.5) is 0 Å². The second-order valence-electron chi connectivity index (χ2n) is 3.65. The predicted molar refractivity (Wildman–Crippen MR) is 65.9 cm³/mol. The standard InChI is InChI=1S/C13H16N2O2/c1-10(16)13(9-14-11(2)17)15-8-12-6-4-3-5-7-12/h3-7,9,15H,8H2,1-2H3,(H,14,17)/b13-9+. The van der Waals surface area contributed by atoms with Crippen LogP contribution >= 0.6 is 0 Å². The lowest BCUT2D eigenvalue weighted by Gasteiger charge is -2.08. The van der Waals surface area contributed by atoms with Crippen molar-refractivity contribution < 1.29 is 9.59 Å². The molecule has 0 aliphatic rings. The number of benzene rings is 1. The van der Waals surface area contributed by atoms with E-state index in [1.54, 1.807) is 0 Å². The normalized spacial score (nSPS) is 10.8. The van der Waals surface area contributed by atoms with Crippen molar-refractivity contribution in [1.29, 1.82) is 0 Å².